The van der Waals surface area contributed by atoms with Gasteiger partial charge in [0.25, 0.3) is 5.91 Å². The highest BCUT2D eigenvalue weighted by atomic mass is 32.2. The van der Waals surface area contributed by atoms with E-state index >= 15 is 0 Å². The molecule has 0 unspecified atom stereocenters. The number of carbonyl (C=O) groups is 1. The first-order valence-electron chi connectivity index (χ1n) is 8.18. The molecule has 0 radical (unpaired) electrons. The van der Waals surface area contributed by atoms with Crippen LogP contribution in [0.1, 0.15) is 13.8 Å². The van der Waals surface area contributed by atoms with Crippen molar-refractivity contribution >= 4 is 29.1 Å². The average molecular weight is 394 g/mol. The lowest BCUT2D eigenvalue weighted by Crippen LogP contribution is -2.39. The van der Waals surface area contributed by atoms with Gasteiger partial charge in [0.1, 0.15) is 12.4 Å². The van der Waals surface area contributed by atoms with Gasteiger partial charge in [-0.3, -0.25) is 14.6 Å². The van der Waals surface area contributed by atoms with E-state index in [0.29, 0.717) is 17.0 Å². The van der Waals surface area contributed by atoms with Crippen molar-refractivity contribution < 1.29 is 19.1 Å². The number of amides is 1. The summed E-state index contributed by atoms with van der Waals surface area (Å²) in [6.07, 6.45) is 1.12. The van der Waals surface area contributed by atoms with Crippen LogP contribution in [0.4, 0.5) is 10.1 Å². The van der Waals surface area contributed by atoms with E-state index < -0.39 is 17.8 Å². The van der Waals surface area contributed by atoms with E-state index in [1.54, 1.807) is 26.1 Å². The normalized spacial score (nSPS) is 15.6. The van der Waals surface area contributed by atoms with E-state index in [1.807, 2.05) is 6.26 Å². The highest BCUT2D eigenvalue weighted by molar-refractivity contribution is 7.98. The molecule has 146 valence electrons. The van der Waals surface area contributed by atoms with E-state index in [9.17, 15) is 14.3 Å². The van der Waals surface area contributed by atoms with E-state index in [1.165, 1.54) is 29.8 Å². The van der Waals surface area contributed by atoms with Crippen LogP contribution >= 0.6 is 11.8 Å². The van der Waals surface area contributed by atoms with Crippen molar-refractivity contribution in [1.82, 2.24) is 10.5 Å². The van der Waals surface area contributed by atoms with E-state index in [4.69, 9.17) is 4.84 Å². The van der Waals surface area contributed by atoms with E-state index in [0.717, 1.165) is 4.90 Å². The third-order valence-corrected chi connectivity index (χ3v) is 4.55. The standard InChI is InChI=1S/C18H23FN4O3S/c1-10(24)9-26-22-18(25)17-16(11(2)12(3)23(4)21-17)20-15-7-6-13(27-5)8-14(15)19/h6-8,10,20,24H,3,9H2,1-2,4-5H3,(H,22,25)/t10-/m0/s1. The molecule has 0 fully saturated rings. The topological polar surface area (TPSA) is 86.2 Å². The molecular weight excluding hydrogens is 371 g/mol. The number of halogens is 1. The molecule has 2 rings (SSSR count). The Morgan fingerprint density at radius 2 is 2.22 bits per heavy atom. The van der Waals surface area contributed by atoms with Gasteiger partial charge in [-0.15, -0.1) is 11.8 Å². The molecule has 0 aromatic heterocycles. The number of carbonyl (C=O) groups excluding carboxylic acids is 1. The lowest BCUT2D eigenvalue weighted by Gasteiger charge is -2.27. The number of nitrogens with zero attached hydrogens (tertiary/aromatic N) is 2. The summed E-state index contributed by atoms with van der Waals surface area (Å²) in [6, 6.07) is 4.79. The van der Waals surface area contributed by atoms with Crippen molar-refractivity contribution in [3.05, 3.63) is 47.6 Å². The number of aliphatic hydroxyl groups is 1. The Kier molecular flexibility index (Phi) is 7.00. The van der Waals surface area contributed by atoms with Crippen molar-refractivity contribution in [2.75, 3.05) is 25.2 Å². The van der Waals surface area contributed by atoms with Crippen LogP contribution in [0.3, 0.4) is 0 Å². The SMILES string of the molecule is C=C1C(C)=C(Nc2ccc(SC)cc2F)C(C(=O)NOC[C@H](C)O)=NN1C. The van der Waals surface area contributed by atoms with Gasteiger partial charge in [-0.25, -0.2) is 9.87 Å². The first-order chi connectivity index (χ1) is 12.7. The molecule has 0 spiro atoms. The molecule has 0 saturated carbocycles. The fourth-order valence-electron chi connectivity index (χ4n) is 2.27. The number of nitrogens with one attached hydrogen (secondary N) is 2. The van der Waals surface area contributed by atoms with Crippen LogP contribution in [0, 0.1) is 5.82 Å². The van der Waals surface area contributed by atoms with Gasteiger partial charge in [-0.2, -0.15) is 5.10 Å². The van der Waals surface area contributed by atoms with Gasteiger partial charge in [-0.05, 0) is 43.9 Å². The third-order valence-electron chi connectivity index (χ3n) is 3.83. The average Bonchev–Trinajstić information content (AvgIpc) is 2.62. The zero-order valence-corrected chi connectivity index (χ0v) is 16.5. The van der Waals surface area contributed by atoms with Crippen LogP contribution in [0.25, 0.3) is 0 Å². The maximum Gasteiger partial charge on any atom is 0.297 e. The summed E-state index contributed by atoms with van der Waals surface area (Å²) in [5.74, 6) is -1.07. The second-order valence-corrected chi connectivity index (χ2v) is 6.86. The molecule has 1 amide bonds. The molecule has 7 nitrogen and oxygen atoms in total. The molecule has 27 heavy (non-hydrogen) atoms. The smallest absolute Gasteiger partial charge is 0.297 e. The first kappa shape index (κ1) is 20.9. The fourth-order valence-corrected chi connectivity index (χ4v) is 2.70. The number of hydrogen-bond donors (Lipinski definition) is 3. The van der Waals surface area contributed by atoms with Crippen LogP contribution in [-0.4, -0.2) is 47.7 Å². The molecule has 1 heterocycles. The van der Waals surface area contributed by atoms with Crippen LogP contribution in [0.2, 0.25) is 0 Å². The van der Waals surface area contributed by atoms with Gasteiger partial charge in [0, 0.05) is 11.9 Å². The number of likely N-dealkylation sites (N-methyl/N-ethyl adjacent to an activating group) is 1. The Labute approximate surface area is 161 Å². The molecule has 3 N–H and O–H groups in total. The summed E-state index contributed by atoms with van der Waals surface area (Å²) < 4.78 is 14.4. The summed E-state index contributed by atoms with van der Waals surface area (Å²) in [6.45, 7) is 7.14. The van der Waals surface area contributed by atoms with Gasteiger partial charge in [-0.1, -0.05) is 6.58 Å². The summed E-state index contributed by atoms with van der Waals surface area (Å²) in [4.78, 5) is 18.2. The quantitative estimate of drug-likeness (QED) is 0.487. The fraction of sp³-hybridized carbons (Fsp3) is 0.333. The minimum Gasteiger partial charge on any atom is -0.391 e. The molecule has 0 bridgehead atoms. The number of hydrogen-bond acceptors (Lipinski definition) is 7. The van der Waals surface area contributed by atoms with Gasteiger partial charge in [0.15, 0.2) is 5.71 Å². The number of aliphatic hydroxyl groups excluding tert-OH is 1. The Hall–Kier alpha value is -2.36. The zero-order chi connectivity index (χ0) is 20.1. The Bertz CT molecular complexity index is 808. The number of hydrazone groups is 1. The molecule has 1 aromatic rings. The highest BCUT2D eigenvalue weighted by Crippen LogP contribution is 2.27. The molecule has 1 aromatic carbocycles. The first-order valence-corrected chi connectivity index (χ1v) is 9.40. The summed E-state index contributed by atoms with van der Waals surface area (Å²) in [5, 5.41) is 17.8. The Morgan fingerprint density at radius 1 is 1.52 bits per heavy atom. The van der Waals surface area contributed by atoms with Gasteiger partial charge in [0.2, 0.25) is 0 Å². The van der Waals surface area contributed by atoms with E-state index in [-0.39, 0.29) is 18.0 Å². The number of benzene rings is 1. The Morgan fingerprint density at radius 3 is 2.81 bits per heavy atom. The predicted octanol–water partition coefficient (Wildman–Crippen LogP) is 2.48. The lowest BCUT2D eigenvalue weighted by molar-refractivity contribution is -0.128. The molecular formula is C18H23FN4O3S. The Balaban J connectivity index is 2.30. The summed E-state index contributed by atoms with van der Waals surface area (Å²) in [7, 11) is 1.65. The number of anilines is 1. The van der Waals surface area contributed by atoms with Gasteiger partial charge in [0.05, 0.1) is 23.2 Å². The molecule has 1 aliphatic heterocycles. The number of rotatable bonds is 7. The molecule has 9 heteroatoms. The second kappa shape index (κ2) is 9.03. The van der Waals surface area contributed by atoms with Crippen molar-refractivity contribution in [3.63, 3.8) is 0 Å². The number of thioether (sulfide) groups is 1. The maximum absolute atomic E-state index is 14.4. The summed E-state index contributed by atoms with van der Waals surface area (Å²) in [5.41, 5.74) is 3.99. The molecule has 1 aliphatic rings. The lowest BCUT2D eigenvalue weighted by atomic mass is 10.1. The second-order valence-electron chi connectivity index (χ2n) is 5.98. The van der Waals surface area contributed by atoms with Crippen molar-refractivity contribution in [2.24, 2.45) is 5.10 Å². The number of hydroxylamine groups is 1. The van der Waals surface area contributed by atoms with Crippen molar-refractivity contribution in [3.8, 4) is 0 Å². The summed E-state index contributed by atoms with van der Waals surface area (Å²) >= 11 is 1.43. The van der Waals surface area contributed by atoms with Crippen LogP contribution < -0.4 is 10.8 Å². The molecule has 1 atom stereocenters. The zero-order valence-electron chi connectivity index (χ0n) is 15.7. The monoisotopic (exact) mass is 394 g/mol. The van der Waals surface area contributed by atoms with Crippen LogP contribution in [0.5, 0.6) is 0 Å². The number of allylic oxidation sites excluding steroid dienone is 1. The van der Waals surface area contributed by atoms with Crippen LogP contribution in [0.15, 0.2) is 51.7 Å². The van der Waals surface area contributed by atoms with Gasteiger partial charge < -0.3 is 10.4 Å². The van der Waals surface area contributed by atoms with Gasteiger partial charge >= 0.3 is 0 Å². The van der Waals surface area contributed by atoms with Crippen LogP contribution in [-0.2, 0) is 9.63 Å². The predicted molar refractivity (Wildman–Crippen MR) is 105 cm³/mol. The largest absolute Gasteiger partial charge is 0.391 e. The minimum absolute atomic E-state index is 0.0151. The molecule has 0 saturated heterocycles. The van der Waals surface area contributed by atoms with Crippen molar-refractivity contribution in [1.29, 1.82) is 0 Å². The maximum atomic E-state index is 14.4. The minimum atomic E-state index is -0.736. The molecule has 0 aliphatic carbocycles. The van der Waals surface area contributed by atoms with E-state index in [2.05, 4.69) is 22.5 Å². The third kappa shape index (κ3) is 5.09. The van der Waals surface area contributed by atoms with Crippen molar-refractivity contribution in [2.45, 2.75) is 24.8 Å². The highest BCUT2D eigenvalue weighted by Gasteiger charge is 2.27.